The molecule has 1 heterocycles. The zero-order valence-electron chi connectivity index (χ0n) is 10.7. The molecule has 20 heavy (non-hydrogen) atoms. The average Bonchev–Trinajstić information content (AvgIpc) is 2.77. The molecular formula is C14H13NO5. The molecule has 1 aromatic carbocycles. The fourth-order valence-electron chi connectivity index (χ4n) is 1.79. The Labute approximate surface area is 115 Å². The second kappa shape index (κ2) is 6.10. The van der Waals surface area contributed by atoms with Crippen molar-refractivity contribution >= 4 is 23.6 Å². The van der Waals surface area contributed by atoms with Gasteiger partial charge in [0.25, 0.3) is 11.8 Å². The molecule has 0 spiro atoms. The van der Waals surface area contributed by atoms with Crippen molar-refractivity contribution in [2.24, 2.45) is 0 Å². The van der Waals surface area contributed by atoms with E-state index in [0.29, 0.717) is 10.6 Å². The molecule has 2 amide bonds. The minimum atomic E-state index is -0.766. The van der Waals surface area contributed by atoms with E-state index in [1.54, 1.807) is 30.3 Å². The number of hydroxylamine groups is 2. The molecule has 1 aliphatic heterocycles. The first-order chi connectivity index (χ1) is 9.58. The van der Waals surface area contributed by atoms with Gasteiger partial charge in [-0.25, -0.2) is 4.79 Å². The summed E-state index contributed by atoms with van der Waals surface area (Å²) in [4.78, 5) is 50.4. The lowest BCUT2D eigenvalue weighted by Crippen LogP contribution is -2.32. The first-order valence-corrected chi connectivity index (χ1v) is 6.23. The predicted molar refractivity (Wildman–Crippen MR) is 67.2 cm³/mol. The van der Waals surface area contributed by atoms with Crippen LogP contribution in [0.25, 0.3) is 0 Å². The van der Waals surface area contributed by atoms with Crippen molar-refractivity contribution in [1.82, 2.24) is 5.06 Å². The molecular weight excluding hydrogens is 262 g/mol. The third kappa shape index (κ3) is 3.28. The highest BCUT2D eigenvalue weighted by molar-refractivity contribution is 6.02. The number of ketones is 1. The monoisotopic (exact) mass is 275 g/mol. The van der Waals surface area contributed by atoms with Gasteiger partial charge in [-0.3, -0.25) is 14.4 Å². The Balaban J connectivity index is 1.82. The quantitative estimate of drug-likeness (QED) is 0.597. The minimum Gasteiger partial charge on any atom is -0.330 e. The molecule has 0 bridgehead atoms. The molecule has 0 atom stereocenters. The molecule has 104 valence electrons. The van der Waals surface area contributed by atoms with E-state index in [1.807, 2.05) is 0 Å². The normalized spacial score (nSPS) is 14.5. The van der Waals surface area contributed by atoms with Crippen LogP contribution >= 0.6 is 0 Å². The van der Waals surface area contributed by atoms with Crippen LogP contribution in [-0.4, -0.2) is 28.6 Å². The highest BCUT2D eigenvalue weighted by Gasteiger charge is 2.32. The van der Waals surface area contributed by atoms with E-state index in [0.717, 1.165) is 0 Å². The van der Waals surface area contributed by atoms with E-state index < -0.39 is 17.8 Å². The standard InChI is InChI=1S/C14H13NO5/c16-11(10-4-2-1-3-5-10)6-9-14(19)20-15-12(17)7-8-13(15)18/h1-5H,6-9H2. The Hall–Kier alpha value is -2.50. The number of benzene rings is 1. The van der Waals surface area contributed by atoms with Crippen LogP contribution in [0.2, 0.25) is 0 Å². The molecule has 0 radical (unpaired) electrons. The van der Waals surface area contributed by atoms with Crippen LogP contribution in [0.5, 0.6) is 0 Å². The molecule has 1 aliphatic rings. The van der Waals surface area contributed by atoms with Gasteiger partial charge >= 0.3 is 5.97 Å². The highest BCUT2D eigenvalue weighted by atomic mass is 16.7. The van der Waals surface area contributed by atoms with E-state index in [2.05, 4.69) is 4.84 Å². The number of nitrogens with zero attached hydrogens (tertiary/aromatic N) is 1. The Morgan fingerprint density at radius 1 is 1.00 bits per heavy atom. The summed E-state index contributed by atoms with van der Waals surface area (Å²) < 4.78 is 0. The van der Waals surface area contributed by atoms with Gasteiger partial charge in [-0.1, -0.05) is 30.3 Å². The van der Waals surface area contributed by atoms with Gasteiger partial charge in [-0.15, -0.1) is 5.06 Å². The SMILES string of the molecule is O=C(CCC(=O)c1ccccc1)ON1C(=O)CCC1=O. The lowest BCUT2D eigenvalue weighted by Gasteiger charge is -2.12. The summed E-state index contributed by atoms with van der Waals surface area (Å²) >= 11 is 0. The fraction of sp³-hybridized carbons (Fsp3) is 0.286. The van der Waals surface area contributed by atoms with Crippen LogP contribution < -0.4 is 0 Å². The van der Waals surface area contributed by atoms with E-state index in [1.165, 1.54) is 0 Å². The van der Waals surface area contributed by atoms with Gasteiger partial charge in [0.15, 0.2) is 5.78 Å². The summed E-state index contributed by atoms with van der Waals surface area (Å²) in [7, 11) is 0. The topological polar surface area (TPSA) is 80.8 Å². The molecule has 0 aromatic heterocycles. The molecule has 0 saturated carbocycles. The van der Waals surface area contributed by atoms with E-state index in [4.69, 9.17) is 0 Å². The lowest BCUT2D eigenvalue weighted by atomic mass is 10.1. The Bertz CT molecular complexity index is 536. The molecule has 1 aromatic rings. The van der Waals surface area contributed by atoms with Crippen molar-refractivity contribution in [3.05, 3.63) is 35.9 Å². The second-order valence-corrected chi connectivity index (χ2v) is 4.33. The number of imide groups is 1. The van der Waals surface area contributed by atoms with Gasteiger partial charge in [0, 0.05) is 24.8 Å². The van der Waals surface area contributed by atoms with Crippen LogP contribution in [0.1, 0.15) is 36.0 Å². The number of Topliss-reactive ketones (excluding diaryl/α,β-unsaturated/α-hetero) is 1. The zero-order chi connectivity index (χ0) is 14.5. The van der Waals surface area contributed by atoms with Gasteiger partial charge in [-0.2, -0.15) is 0 Å². The molecule has 0 N–H and O–H groups in total. The van der Waals surface area contributed by atoms with Crippen molar-refractivity contribution in [2.45, 2.75) is 25.7 Å². The number of hydrogen-bond donors (Lipinski definition) is 0. The van der Waals surface area contributed by atoms with Crippen molar-refractivity contribution in [3.63, 3.8) is 0 Å². The first kappa shape index (κ1) is 13.9. The summed E-state index contributed by atoms with van der Waals surface area (Å²) in [6.07, 6.45) is -0.103. The van der Waals surface area contributed by atoms with Crippen LogP contribution in [0.3, 0.4) is 0 Å². The third-order valence-corrected chi connectivity index (χ3v) is 2.85. The van der Waals surface area contributed by atoms with Crippen molar-refractivity contribution < 1.29 is 24.0 Å². The smallest absolute Gasteiger partial charge is 0.330 e. The Morgan fingerprint density at radius 2 is 1.60 bits per heavy atom. The average molecular weight is 275 g/mol. The number of carbonyl (C=O) groups excluding carboxylic acids is 4. The first-order valence-electron chi connectivity index (χ1n) is 6.23. The second-order valence-electron chi connectivity index (χ2n) is 4.33. The molecule has 1 saturated heterocycles. The van der Waals surface area contributed by atoms with Crippen LogP contribution in [0.15, 0.2) is 30.3 Å². The van der Waals surface area contributed by atoms with Crippen LogP contribution in [0, 0.1) is 0 Å². The summed E-state index contributed by atoms with van der Waals surface area (Å²) in [6.45, 7) is 0. The number of amides is 2. The molecule has 2 rings (SSSR count). The van der Waals surface area contributed by atoms with Crippen molar-refractivity contribution in [3.8, 4) is 0 Å². The third-order valence-electron chi connectivity index (χ3n) is 2.85. The Morgan fingerprint density at radius 3 is 2.20 bits per heavy atom. The number of rotatable bonds is 5. The van der Waals surface area contributed by atoms with E-state index in [9.17, 15) is 19.2 Å². The maximum Gasteiger partial charge on any atom is 0.333 e. The van der Waals surface area contributed by atoms with E-state index in [-0.39, 0.29) is 31.5 Å². The summed E-state index contributed by atoms with van der Waals surface area (Å²) in [6, 6.07) is 8.55. The van der Waals surface area contributed by atoms with Crippen LogP contribution in [-0.2, 0) is 19.2 Å². The van der Waals surface area contributed by atoms with Crippen LogP contribution in [0.4, 0.5) is 0 Å². The van der Waals surface area contributed by atoms with Gasteiger partial charge < -0.3 is 4.84 Å². The molecule has 1 fully saturated rings. The molecule has 6 heteroatoms. The number of carbonyl (C=O) groups is 4. The summed E-state index contributed by atoms with van der Waals surface area (Å²) in [5.41, 5.74) is 0.508. The van der Waals surface area contributed by atoms with Gasteiger partial charge in [0.05, 0.1) is 6.42 Å². The minimum absolute atomic E-state index is 0.0287. The maximum atomic E-state index is 11.8. The van der Waals surface area contributed by atoms with Gasteiger partial charge in [-0.05, 0) is 0 Å². The van der Waals surface area contributed by atoms with Crippen molar-refractivity contribution in [2.75, 3.05) is 0 Å². The maximum absolute atomic E-state index is 11.8. The van der Waals surface area contributed by atoms with Gasteiger partial charge in [0.1, 0.15) is 0 Å². The predicted octanol–water partition coefficient (Wildman–Crippen LogP) is 1.26. The van der Waals surface area contributed by atoms with Crippen molar-refractivity contribution in [1.29, 1.82) is 0 Å². The summed E-state index contributed by atoms with van der Waals surface area (Å²) in [5.74, 6) is -2.02. The highest BCUT2D eigenvalue weighted by Crippen LogP contribution is 2.13. The molecule has 0 aliphatic carbocycles. The zero-order valence-corrected chi connectivity index (χ0v) is 10.7. The fourth-order valence-corrected chi connectivity index (χ4v) is 1.79. The molecule has 6 nitrogen and oxygen atoms in total. The van der Waals surface area contributed by atoms with E-state index >= 15 is 0 Å². The summed E-state index contributed by atoms with van der Waals surface area (Å²) in [5, 5.41) is 0.481. The largest absolute Gasteiger partial charge is 0.333 e. The van der Waals surface area contributed by atoms with Gasteiger partial charge in [0.2, 0.25) is 0 Å². The molecule has 0 unspecified atom stereocenters. The Kier molecular flexibility index (Phi) is 4.24. The number of hydrogen-bond acceptors (Lipinski definition) is 5. The lowest BCUT2D eigenvalue weighted by molar-refractivity contribution is -0.197.